The van der Waals surface area contributed by atoms with E-state index in [0.717, 1.165) is 10.2 Å². The van der Waals surface area contributed by atoms with E-state index in [1.807, 2.05) is 18.2 Å². The first-order valence-corrected chi connectivity index (χ1v) is 7.10. The molecule has 6 heteroatoms. The molecule has 2 heterocycles. The second-order valence-electron chi connectivity index (χ2n) is 4.26. The molecule has 19 heavy (non-hydrogen) atoms. The van der Waals surface area contributed by atoms with E-state index >= 15 is 0 Å². The summed E-state index contributed by atoms with van der Waals surface area (Å²) in [5.74, 6) is 0. The minimum atomic E-state index is -3.84. The van der Waals surface area contributed by atoms with Gasteiger partial charge in [0.15, 0.2) is 0 Å². The molecule has 0 aliphatic carbocycles. The van der Waals surface area contributed by atoms with E-state index in [4.69, 9.17) is 4.28 Å². The number of hydrogen-bond acceptors (Lipinski definition) is 4. The summed E-state index contributed by atoms with van der Waals surface area (Å²) in [5.41, 5.74) is 1.82. The summed E-state index contributed by atoms with van der Waals surface area (Å²) in [7, 11) is -3.84. The van der Waals surface area contributed by atoms with Crippen molar-refractivity contribution in [3.8, 4) is 11.3 Å². The smallest absolute Gasteiger partial charge is 0.265 e. The molecule has 4 rings (SSSR count). The number of para-hydroxylation sites is 1. The number of benzene rings is 2. The van der Waals surface area contributed by atoms with Crippen molar-refractivity contribution < 1.29 is 12.7 Å². The van der Waals surface area contributed by atoms with E-state index < -0.39 is 10.1 Å². The first-order valence-electron chi connectivity index (χ1n) is 5.69. The van der Waals surface area contributed by atoms with Gasteiger partial charge in [0.25, 0.3) is 0 Å². The fraction of sp³-hybridized carbons (Fsp3) is 0. The Morgan fingerprint density at radius 1 is 1.00 bits per heavy atom. The van der Waals surface area contributed by atoms with Gasteiger partial charge in [0.1, 0.15) is 16.1 Å². The molecule has 3 aromatic rings. The quantitative estimate of drug-likeness (QED) is 0.626. The topological polar surface area (TPSA) is 61.2 Å². The highest BCUT2D eigenvalue weighted by Crippen LogP contribution is 2.34. The van der Waals surface area contributed by atoms with Crippen LogP contribution in [0.5, 0.6) is 0 Å². The molecule has 0 amide bonds. The van der Waals surface area contributed by atoms with Crippen LogP contribution in [0.25, 0.3) is 22.2 Å². The van der Waals surface area contributed by atoms with Crippen LogP contribution in [0.4, 0.5) is 0 Å². The molecule has 0 saturated heterocycles. The lowest BCUT2D eigenvalue weighted by Crippen LogP contribution is -2.20. The standard InChI is InChI=1S/C13H8N2O3S/c16-19(17)12-8-4-2-6-10(12)13-9-5-1-3-7-11(9)15(14-13)18-19/h1-8H. The third-order valence-corrected chi connectivity index (χ3v) is 4.37. The molecule has 0 radical (unpaired) electrons. The molecule has 0 N–H and O–H groups in total. The van der Waals surface area contributed by atoms with Gasteiger partial charge in [0, 0.05) is 10.9 Å². The van der Waals surface area contributed by atoms with Gasteiger partial charge in [0.2, 0.25) is 0 Å². The van der Waals surface area contributed by atoms with E-state index in [2.05, 4.69) is 5.10 Å². The van der Waals surface area contributed by atoms with Gasteiger partial charge in [-0.2, -0.15) is 8.42 Å². The van der Waals surface area contributed by atoms with Crippen LogP contribution in [0.2, 0.25) is 0 Å². The normalized spacial score (nSPS) is 15.6. The van der Waals surface area contributed by atoms with E-state index in [9.17, 15) is 8.42 Å². The zero-order valence-electron chi connectivity index (χ0n) is 9.65. The van der Waals surface area contributed by atoms with Crippen molar-refractivity contribution in [2.24, 2.45) is 0 Å². The van der Waals surface area contributed by atoms with Crippen LogP contribution >= 0.6 is 0 Å². The maximum atomic E-state index is 12.2. The van der Waals surface area contributed by atoms with Gasteiger partial charge in [-0.1, -0.05) is 41.2 Å². The average molecular weight is 272 g/mol. The molecule has 1 aromatic heterocycles. The highest BCUT2D eigenvalue weighted by atomic mass is 32.2. The number of rotatable bonds is 0. The summed E-state index contributed by atoms with van der Waals surface area (Å²) in [6.45, 7) is 0. The van der Waals surface area contributed by atoms with Gasteiger partial charge in [0.05, 0.1) is 0 Å². The molecule has 0 spiro atoms. The molecular formula is C13H8N2O3S. The van der Waals surface area contributed by atoms with E-state index in [1.165, 1.54) is 6.07 Å². The summed E-state index contributed by atoms with van der Waals surface area (Å²) >= 11 is 0. The Kier molecular flexibility index (Phi) is 1.87. The summed E-state index contributed by atoms with van der Waals surface area (Å²) in [6, 6.07) is 14.1. The Bertz CT molecular complexity index is 913. The number of fused-ring (bicyclic) bond motifs is 7. The number of nitrogens with zero attached hydrogens (tertiary/aromatic N) is 2. The second-order valence-corrected chi connectivity index (χ2v) is 5.76. The molecule has 0 unspecified atom stereocenters. The van der Waals surface area contributed by atoms with Gasteiger partial charge in [-0.05, 0) is 12.1 Å². The van der Waals surface area contributed by atoms with Crippen LogP contribution < -0.4 is 4.28 Å². The van der Waals surface area contributed by atoms with Gasteiger partial charge in [-0.3, -0.25) is 4.28 Å². The summed E-state index contributed by atoms with van der Waals surface area (Å²) < 4.78 is 29.4. The van der Waals surface area contributed by atoms with Crippen molar-refractivity contribution in [3.05, 3.63) is 48.5 Å². The fourth-order valence-electron chi connectivity index (χ4n) is 2.31. The summed E-state index contributed by atoms with van der Waals surface area (Å²) in [6.07, 6.45) is 0. The van der Waals surface area contributed by atoms with Crippen molar-refractivity contribution >= 4 is 21.0 Å². The Morgan fingerprint density at radius 3 is 2.63 bits per heavy atom. The number of hydrogen-bond donors (Lipinski definition) is 0. The lowest BCUT2D eigenvalue weighted by Gasteiger charge is -2.08. The molecule has 1 aliphatic heterocycles. The van der Waals surface area contributed by atoms with E-state index in [1.54, 1.807) is 24.3 Å². The van der Waals surface area contributed by atoms with Gasteiger partial charge in [-0.25, -0.2) is 0 Å². The monoisotopic (exact) mass is 272 g/mol. The predicted octanol–water partition coefficient (Wildman–Crippen LogP) is 1.83. The van der Waals surface area contributed by atoms with Crippen LogP contribution in [-0.2, 0) is 10.1 Å². The highest BCUT2D eigenvalue weighted by Gasteiger charge is 2.29. The Balaban J connectivity index is 2.23. The predicted molar refractivity (Wildman–Crippen MR) is 68.9 cm³/mol. The Hall–Kier alpha value is -2.34. The maximum absolute atomic E-state index is 12.2. The van der Waals surface area contributed by atoms with E-state index in [0.29, 0.717) is 16.8 Å². The molecule has 2 aromatic carbocycles. The Morgan fingerprint density at radius 2 is 1.74 bits per heavy atom. The Labute approximate surface area is 109 Å². The average Bonchev–Trinajstić information content (AvgIpc) is 2.71. The van der Waals surface area contributed by atoms with Crippen LogP contribution in [0.3, 0.4) is 0 Å². The fourth-order valence-corrected chi connectivity index (χ4v) is 3.37. The minimum Gasteiger partial charge on any atom is -0.265 e. The van der Waals surface area contributed by atoms with Crippen molar-refractivity contribution in [1.29, 1.82) is 0 Å². The molecule has 0 atom stereocenters. The van der Waals surface area contributed by atoms with Gasteiger partial charge in [-0.15, -0.1) is 5.10 Å². The third kappa shape index (κ3) is 1.34. The van der Waals surface area contributed by atoms with Crippen LogP contribution in [0.15, 0.2) is 53.4 Å². The first kappa shape index (κ1) is 10.6. The summed E-state index contributed by atoms with van der Waals surface area (Å²) in [5, 5.41) is 5.11. The minimum absolute atomic E-state index is 0.144. The van der Waals surface area contributed by atoms with Crippen LogP contribution in [-0.4, -0.2) is 18.4 Å². The molecule has 5 nitrogen and oxygen atoms in total. The van der Waals surface area contributed by atoms with Crippen LogP contribution in [0, 0.1) is 0 Å². The van der Waals surface area contributed by atoms with Crippen molar-refractivity contribution in [2.45, 2.75) is 4.90 Å². The largest absolute Gasteiger partial charge is 0.359 e. The molecule has 0 saturated carbocycles. The van der Waals surface area contributed by atoms with Crippen molar-refractivity contribution in [3.63, 3.8) is 0 Å². The van der Waals surface area contributed by atoms with Gasteiger partial charge < -0.3 is 0 Å². The lowest BCUT2D eigenvalue weighted by molar-refractivity contribution is 0.255. The zero-order chi connectivity index (χ0) is 13.0. The maximum Gasteiger partial charge on any atom is 0.359 e. The molecule has 1 aliphatic rings. The second kappa shape index (κ2) is 3.36. The molecule has 0 fully saturated rings. The first-order chi connectivity index (χ1) is 9.17. The SMILES string of the molecule is O=S1(=O)On2nc(c3ccccc32)-c2ccccc21. The summed E-state index contributed by atoms with van der Waals surface area (Å²) in [4.78, 5) is 1.21. The van der Waals surface area contributed by atoms with Crippen LogP contribution in [0.1, 0.15) is 0 Å². The highest BCUT2D eigenvalue weighted by molar-refractivity contribution is 7.87. The third-order valence-electron chi connectivity index (χ3n) is 3.14. The lowest BCUT2D eigenvalue weighted by atomic mass is 10.1. The van der Waals surface area contributed by atoms with Crippen molar-refractivity contribution in [2.75, 3.05) is 0 Å². The number of aromatic nitrogens is 2. The van der Waals surface area contributed by atoms with E-state index in [-0.39, 0.29) is 4.90 Å². The molecular weight excluding hydrogens is 264 g/mol. The molecule has 94 valence electrons. The van der Waals surface area contributed by atoms with Gasteiger partial charge >= 0.3 is 10.1 Å². The van der Waals surface area contributed by atoms with Crippen molar-refractivity contribution in [1.82, 2.24) is 9.94 Å². The molecule has 2 bridgehead atoms. The zero-order valence-corrected chi connectivity index (χ0v) is 10.5.